The molecular weight excluding hydrogens is 364 g/mol. The van der Waals surface area contributed by atoms with Gasteiger partial charge < -0.3 is 0 Å². The minimum atomic E-state index is -1.49. The molecule has 0 amide bonds. The van der Waals surface area contributed by atoms with Crippen LogP contribution >= 0.6 is 0 Å². The molecule has 4 aromatic carbocycles. The van der Waals surface area contributed by atoms with Gasteiger partial charge in [-0.25, -0.2) is 0 Å². The van der Waals surface area contributed by atoms with Gasteiger partial charge >= 0.3 is 0 Å². The summed E-state index contributed by atoms with van der Waals surface area (Å²) in [6.07, 6.45) is 1.15. The van der Waals surface area contributed by atoms with Crippen LogP contribution in [0.1, 0.15) is 59.1 Å². The first-order valence-corrected chi connectivity index (χ1v) is 14.6. The van der Waals surface area contributed by atoms with Crippen LogP contribution in [0.5, 0.6) is 0 Å². The summed E-state index contributed by atoms with van der Waals surface area (Å²) in [7, 11) is -1.49. The lowest BCUT2D eigenvalue weighted by atomic mass is 9.77. The van der Waals surface area contributed by atoms with Gasteiger partial charge in [0.1, 0.15) is 0 Å². The predicted octanol–water partition coefficient (Wildman–Crippen LogP) is 8.11. The Balaban J connectivity index is 2.25. The lowest BCUT2D eigenvalue weighted by Crippen LogP contribution is -2.39. The zero-order chi connectivity index (χ0) is 21.4. The van der Waals surface area contributed by atoms with E-state index in [9.17, 15) is 0 Å². The first-order chi connectivity index (χ1) is 13.3. The molecule has 0 heterocycles. The number of benzene rings is 4. The largest absolute Gasteiger partial charge is 0.0784 e. The van der Waals surface area contributed by atoms with E-state index in [1.54, 1.807) is 5.19 Å². The van der Waals surface area contributed by atoms with Crippen molar-refractivity contribution in [2.24, 2.45) is 0 Å². The normalized spacial score (nSPS) is 13.8. The van der Waals surface area contributed by atoms with Crippen molar-refractivity contribution in [3.8, 4) is 0 Å². The van der Waals surface area contributed by atoms with Gasteiger partial charge in [-0.3, -0.25) is 0 Å². The lowest BCUT2D eigenvalue weighted by molar-refractivity contribution is 0.511. The standard InChI is InChI=1S/C28H36Si/c1-10-28(5,6)23-17-24(29(7,8)9)22-14-12-19-16-20(27(2,3)4)15-18-11-13-21(23)26(22)25(18)19/h11-17H,10H2,1-9H3. The van der Waals surface area contributed by atoms with E-state index < -0.39 is 8.07 Å². The third-order valence-electron chi connectivity index (χ3n) is 7.00. The summed E-state index contributed by atoms with van der Waals surface area (Å²) >= 11 is 0. The van der Waals surface area contributed by atoms with Crippen molar-refractivity contribution in [3.05, 3.63) is 53.6 Å². The van der Waals surface area contributed by atoms with Crippen molar-refractivity contribution in [2.75, 3.05) is 0 Å². The molecule has 1 heteroatoms. The van der Waals surface area contributed by atoms with Crippen molar-refractivity contribution in [3.63, 3.8) is 0 Å². The Hall–Kier alpha value is -1.86. The van der Waals surface area contributed by atoms with Gasteiger partial charge in [0, 0.05) is 0 Å². The number of rotatable bonds is 3. The fourth-order valence-corrected chi connectivity index (χ4v) is 6.31. The highest BCUT2D eigenvalue weighted by molar-refractivity contribution is 6.90. The van der Waals surface area contributed by atoms with E-state index in [-0.39, 0.29) is 10.8 Å². The summed E-state index contributed by atoms with van der Waals surface area (Å²) < 4.78 is 0. The first kappa shape index (κ1) is 20.4. The molecule has 0 fully saturated rings. The second kappa shape index (κ2) is 6.32. The first-order valence-electron chi connectivity index (χ1n) is 11.1. The van der Waals surface area contributed by atoms with Crippen molar-refractivity contribution >= 4 is 45.6 Å². The summed E-state index contributed by atoms with van der Waals surface area (Å²) in [4.78, 5) is 0. The van der Waals surface area contributed by atoms with Gasteiger partial charge in [-0.1, -0.05) is 109 Å². The second-order valence-electron chi connectivity index (χ2n) is 11.6. The van der Waals surface area contributed by atoms with E-state index in [2.05, 4.69) is 104 Å². The van der Waals surface area contributed by atoms with Crippen LogP contribution in [0.2, 0.25) is 19.6 Å². The summed E-state index contributed by atoms with van der Waals surface area (Å²) in [6.45, 7) is 21.5. The SMILES string of the molecule is CCC(C)(C)c1cc([Si](C)(C)C)c2ccc3cc(C(C)(C)C)cc4ccc1c2c43. The quantitative estimate of drug-likeness (QED) is 0.240. The molecule has 0 aliphatic carbocycles. The monoisotopic (exact) mass is 400 g/mol. The predicted molar refractivity (Wildman–Crippen MR) is 135 cm³/mol. The average molecular weight is 401 g/mol. The van der Waals surface area contributed by atoms with Crippen LogP contribution in [-0.4, -0.2) is 8.07 Å². The minimum Gasteiger partial charge on any atom is -0.0656 e. The highest BCUT2D eigenvalue weighted by atomic mass is 28.3. The van der Waals surface area contributed by atoms with E-state index >= 15 is 0 Å². The zero-order valence-electron chi connectivity index (χ0n) is 19.7. The molecule has 0 saturated carbocycles. The molecule has 0 spiro atoms. The molecular formula is C28H36Si. The lowest BCUT2D eigenvalue weighted by Gasteiger charge is -2.31. The van der Waals surface area contributed by atoms with Crippen LogP contribution in [0, 0.1) is 0 Å². The van der Waals surface area contributed by atoms with Crippen LogP contribution in [0.4, 0.5) is 0 Å². The van der Waals surface area contributed by atoms with E-state index in [0.29, 0.717) is 0 Å². The van der Waals surface area contributed by atoms with Gasteiger partial charge in [-0.2, -0.15) is 0 Å². The molecule has 0 atom stereocenters. The number of hydrogen-bond acceptors (Lipinski definition) is 0. The molecule has 29 heavy (non-hydrogen) atoms. The summed E-state index contributed by atoms with van der Waals surface area (Å²) in [5, 5.41) is 10.3. The van der Waals surface area contributed by atoms with Crippen LogP contribution in [-0.2, 0) is 10.8 Å². The Morgan fingerprint density at radius 1 is 0.724 bits per heavy atom. The second-order valence-corrected chi connectivity index (χ2v) is 16.6. The molecule has 0 nitrogen and oxygen atoms in total. The molecule has 0 radical (unpaired) electrons. The smallest absolute Gasteiger partial charge is 0.0656 e. The maximum atomic E-state index is 2.57. The third-order valence-corrected chi connectivity index (χ3v) is 9.03. The van der Waals surface area contributed by atoms with Gasteiger partial charge in [0.2, 0.25) is 0 Å². The van der Waals surface area contributed by atoms with Gasteiger partial charge in [0.15, 0.2) is 0 Å². The molecule has 0 aliphatic rings. The molecule has 0 unspecified atom stereocenters. The molecule has 4 rings (SSSR count). The minimum absolute atomic E-state index is 0.156. The van der Waals surface area contributed by atoms with E-state index in [4.69, 9.17) is 0 Å². The Morgan fingerprint density at radius 3 is 1.76 bits per heavy atom. The third kappa shape index (κ3) is 3.19. The van der Waals surface area contributed by atoms with E-state index in [0.717, 1.165) is 6.42 Å². The summed E-state index contributed by atoms with van der Waals surface area (Å²) in [5.41, 5.74) is 3.28. The molecule has 0 saturated heterocycles. The zero-order valence-corrected chi connectivity index (χ0v) is 20.7. The maximum absolute atomic E-state index is 2.57. The van der Waals surface area contributed by atoms with Gasteiger partial charge in [0.05, 0.1) is 8.07 Å². The average Bonchev–Trinajstić information content (AvgIpc) is 2.63. The molecule has 4 aromatic rings. The van der Waals surface area contributed by atoms with Crippen molar-refractivity contribution in [1.82, 2.24) is 0 Å². The highest BCUT2D eigenvalue weighted by Crippen LogP contribution is 2.42. The Labute approximate surface area is 177 Å². The van der Waals surface area contributed by atoms with Crippen LogP contribution in [0.3, 0.4) is 0 Å². The van der Waals surface area contributed by atoms with Crippen LogP contribution in [0.25, 0.3) is 32.3 Å². The molecule has 0 bridgehead atoms. The summed E-state index contributed by atoms with van der Waals surface area (Å²) in [6, 6.07) is 17.0. The van der Waals surface area contributed by atoms with Gasteiger partial charge in [0.25, 0.3) is 0 Å². The van der Waals surface area contributed by atoms with Crippen LogP contribution in [0.15, 0.2) is 42.5 Å². The Kier molecular flexibility index (Phi) is 4.45. The van der Waals surface area contributed by atoms with E-state index in [1.165, 1.54) is 43.4 Å². The van der Waals surface area contributed by atoms with Crippen molar-refractivity contribution in [2.45, 2.75) is 78.4 Å². The highest BCUT2D eigenvalue weighted by Gasteiger charge is 2.28. The summed E-state index contributed by atoms with van der Waals surface area (Å²) in [5.74, 6) is 0. The molecule has 152 valence electrons. The fraction of sp³-hybridized carbons (Fsp3) is 0.429. The maximum Gasteiger partial charge on any atom is 0.0784 e. The van der Waals surface area contributed by atoms with Gasteiger partial charge in [-0.15, -0.1) is 0 Å². The van der Waals surface area contributed by atoms with Crippen LogP contribution < -0.4 is 5.19 Å². The van der Waals surface area contributed by atoms with Crippen molar-refractivity contribution in [1.29, 1.82) is 0 Å². The van der Waals surface area contributed by atoms with Crippen molar-refractivity contribution < 1.29 is 0 Å². The fourth-order valence-electron chi connectivity index (χ4n) is 4.72. The topological polar surface area (TPSA) is 0 Å². The Morgan fingerprint density at radius 2 is 1.28 bits per heavy atom. The number of hydrogen-bond donors (Lipinski definition) is 0. The Bertz CT molecular complexity index is 1190. The molecule has 0 aliphatic heterocycles. The molecule has 0 N–H and O–H groups in total. The van der Waals surface area contributed by atoms with Gasteiger partial charge in [-0.05, 0) is 60.7 Å². The molecule has 0 aromatic heterocycles. The van der Waals surface area contributed by atoms with E-state index in [1.807, 2.05) is 0 Å².